The topological polar surface area (TPSA) is 49.7 Å². The van der Waals surface area contributed by atoms with E-state index in [4.69, 9.17) is 5.26 Å². The molecule has 2 aromatic rings. The van der Waals surface area contributed by atoms with Crippen molar-refractivity contribution in [2.75, 3.05) is 0 Å². The minimum Gasteiger partial charge on any atom is -0.422 e. The maximum absolute atomic E-state index is 9.24. The third-order valence-corrected chi connectivity index (χ3v) is 2.62. The highest BCUT2D eigenvalue weighted by Gasteiger charge is 2.15. The van der Waals surface area contributed by atoms with Crippen LogP contribution in [0.15, 0.2) is 54.6 Å². The van der Waals surface area contributed by atoms with Gasteiger partial charge in [0.1, 0.15) is 0 Å². The minimum atomic E-state index is -1.28. The smallest absolute Gasteiger partial charge is 0.422 e. The lowest BCUT2D eigenvalue weighted by Crippen LogP contribution is -2.32. The van der Waals surface area contributed by atoms with Crippen molar-refractivity contribution in [3.63, 3.8) is 0 Å². The summed E-state index contributed by atoms with van der Waals surface area (Å²) in [5.74, 6) is 0. The zero-order valence-corrected chi connectivity index (χ0v) is 9.28. The third kappa shape index (κ3) is 3.17. The van der Waals surface area contributed by atoms with Crippen LogP contribution in [0.2, 0.25) is 0 Å². The summed E-state index contributed by atoms with van der Waals surface area (Å²) in [6.45, 7) is 0. The van der Waals surface area contributed by atoms with Crippen LogP contribution < -0.4 is 5.46 Å². The average molecular weight is 228 g/mol. The van der Waals surface area contributed by atoms with Crippen LogP contribution in [0, 0.1) is 0 Å². The molecule has 17 heavy (non-hydrogen) atoms. The van der Waals surface area contributed by atoms with Crippen molar-refractivity contribution in [1.82, 2.24) is 0 Å². The van der Waals surface area contributed by atoms with Gasteiger partial charge in [0.15, 0.2) is 0 Å². The molecule has 0 fully saturated rings. The Labute approximate surface area is 100 Å². The number of benzene rings is 2. The Kier molecular flexibility index (Phi) is 3.93. The van der Waals surface area contributed by atoms with E-state index >= 15 is 0 Å². The van der Waals surface area contributed by atoms with Crippen LogP contribution in [-0.2, 0) is 11.2 Å². The monoisotopic (exact) mass is 228 g/mol. The van der Waals surface area contributed by atoms with Crippen LogP contribution in [0.3, 0.4) is 0 Å². The Hall–Kier alpha value is -1.62. The van der Waals surface area contributed by atoms with Crippen molar-refractivity contribution in [2.24, 2.45) is 0 Å². The molecule has 2 N–H and O–H groups in total. The standard InChI is InChI=1S/C13H13BO3/c15-14(17-16)13-8-6-12(7-9-13)10-11-4-2-1-3-5-11/h1-9,15-16H,10H2. The van der Waals surface area contributed by atoms with Crippen molar-refractivity contribution in [3.8, 4) is 0 Å². The van der Waals surface area contributed by atoms with Crippen LogP contribution in [0.4, 0.5) is 0 Å². The first kappa shape index (κ1) is 11.9. The predicted octanol–water partition coefficient (Wildman–Crippen LogP) is 1.45. The van der Waals surface area contributed by atoms with E-state index in [2.05, 4.69) is 16.9 Å². The third-order valence-electron chi connectivity index (χ3n) is 2.62. The molecule has 0 aliphatic heterocycles. The van der Waals surface area contributed by atoms with Gasteiger partial charge in [0.25, 0.3) is 0 Å². The second-order valence-electron chi connectivity index (χ2n) is 3.86. The lowest BCUT2D eigenvalue weighted by Gasteiger charge is -2.05. The molecule has 0 saturated heterocycles. The Morgan fingerprint density at radius 2 is 1.47 bits per heavy atom. The maximum atomic E-state index is 9.24. The molecular weight excluding hydrogens is 215 g/mol. The molecule has 0 atom stereocenters. The van der Waals surface area contributed by atoms with E-state index in [1.165, 1.54) is 5.56 Å². The van der Waals surface area contributed by atoms with Gasteiger partial charge in [-0.3, -0.25) is 10.1 Å². The van der Waals surface area contributed by atoms with E-state index in [1.807, 2.05) is 30.3 Å². The first-order valence-corrected chi connectivity index (χ1v) is 5.40. The summed E-state index contributed by atoms with van der Waals surface area (Å²) >= 11 is 0. The Morgan fingerprint density at radius 1 is 0.882 bits per heavy atom. The van der Waals surface area contributed by atoms with Crippen LogP contribution in [0.1, 0.15) is 11.1 Å². The van der Waals surface area contributed by atoms with Gasteiger partial charge in [-0.05, 0) is 23.0 Å². The number of hydrogen-bond acceptors (Lipinski definition) is 3. The molecule has 0 radical (unpaired) electrons. The Balaban J connectivity index is 2.08. The van der Waals surface area contributed by atoms with Crippen molar-refractivity contribution in [3.05, 3.63) is 65.7 Å². The molecule has 3 nitrogen and oxygen atoms in total. The molecule has 86 valence electrons. The van der Waals surface area contributed by atoms with E-state index in [0.717, 1.165) is 12.0 Å². The van der Waals surface area contributed by atoms with Crippen molar-refractivity contribution < 1.29 is 15.1 Å². The molecule has 0 amide bonds. The number of rotatable bonds is 4. The highest BCUT2D eigenvalue weighted by atomic mass is 17.1. The second-order valence-corrected chi connectivity index (χ2v) is 3.86. The van der Waals surface area contributed by atoms with E-state index in [1.54, 1.807) is 12.1 Å². The average Bonchev–Trinajstić information content (AvgIpc) is 2.40. The fourth-order valence-electron chi connectivity index (χ4n) is 1.69. The normalized spacial score (nSPS) is 10.2. The van der Waals surface area contributed by atoms with Crippen LogP contribution in [0.25, 0.3) is 0 Å². The Bertz CT molecular complexity index is 456. The largest absolute Gasteiger partial charge is 0.522 e. The summed E-state index contributed by atoms with van der Waals surface area (Å²) in [5.41, 5.74) is 2.91. The highest BCUT2D eigenvalue weighted by Crippen LogP contribution is 2.07. The predicted molar refractivity (Wildman–Crippen MR) is 67.0 cm³/mol. The summed E-state index contributed by atoms with van der Waals surface area (Å²) in [5, 5.41) is 17.6. The molecule has 2 aromatic carbocycles. The number of hydrogen-bond donors (Lipinski definition) is 2. The highest BCUT2D eigenvalue weighted by molar-refractivity contribution is 6.59. The summed E-state index contributed by atoms with van der Waals surface area (Å²) in [6, 6.07) is 17.4. The first-order valence-electron chi connectivity index (χ1n) is 5.40. The van der Waals surface area contributed by atoms with Gasteiger partial charge >= 0.3 is 7.12 Å². The molecule has 4 heteroatoms. The molecule has 2 rings (SSSR count). The van der Waals surface area contributed by atoms with Crippen LogP contribution in [0.5, 0.6) is 0 Å². The quantitative estimate of drug-likeness (QED) is 0.473. The van der Waals surface area contributed by atoms with E-state index < -0.39 is 7.12 Å². The van der Waals surface area contributed by atoms with Gasteiger partial charge in [-0.25, -0.2) is 0 Å². The van der Waals surface area contributed by atoms with E-state index in [9.17, 15) is 5.02 Å². The van der Waals surface area contributed by atoms with Gasteiger partial charge in [0.05, 0.1) is 0 Å². The molecule has 0 aromatic heterocycles. The summed E-state index contributed by atoms with van der Waals surface area (Å²) in [6.07, 6.45) is 0.844. The maximum Gasteiger partial charge on any atom is 0.522 e. The SMILES string of the molecule is OOB(O)c1ccc(Cc2ccccc2)cc1. The molecule has 0 heterocycles. The molecule has 0 bridgehead atoms. The zero-order valence-electron chi connectivity index (χ0n) is 9.28. The van der Waals surface area contributed by atoms with Crippen molar-refractivity contribution >= 4 is 12.6 Å². The summed E-state index contributed by atoms with van der Waals surface area (Å²) < 4.78 is 0. The molecular formula is C13H13BO3. The summed E-state index contributed by atoms with van der Waals surface area (Å²) in [4.78, 5) is 3.85. The summed E-state index contributed by atoms with van der Waals surface area (Å²) in [7, 11) is -1.28. The zero-order chi connectivity index (χ0) is 12.1. The molecule has 0 unspecified atom stereocenters. The molecule has 0 saturated carbocycles. The van der Waals surface area contributed by atoms with Gasteiger partial charge in [-0.1, -0.05) is 54.6 Å². The Morgan fingerprint density at radius 3 is 2.06 bits per heavy atom. The minimum absolute atomic E-state index is 0.532. The molecule has 0 spiro atoms. The van der Waals surface area contributed by atoms with Gasteiger partial charge in [-0.2, -0.15) is 0 Å². The lowest BCUT2D eigenvalue weighted by atomic mass is 9.79. The van der Waals surface area contributed by atoms with Crippen molar-refractivity contribution in [1.29, 1.82) is 0 Å². The fraction of sp³-hybridized carbons (Fsp3) is 0.0769. The van der Waals surface area contributed by atoms with Gasteiger partial charge < -0.3 is 5.02 Å². The van der Waals surface area contributed by atoms with Gasteiger partial charge in [0.2, 0.25) is 0 Å². The van der Waals surface area contributed by atoms with E-state index in [-0.39, 0.29) is 0 Å². The van der Waals surface area contributed by atoms with Gasteiger partial charge in [0, 0.05) is 0 Å². The molecule has 0 aliphatic rings. The fourth-order valence-corrected chi connectivity index (χ4v) is 1.69. The van der Waals surface area contributed by atoms with Gasteiger partial charge in [-0.15, -0.1) is 0 Å². The van der Waals surface area contributed by atoms with E-state index in [0.29, 0.717) is 5.46 Å². The molecule has 0 aliphatic carbocycles. The van der Waals surface area contributed by atoms with Crippen LogP contribution in [-0.4, -0.2) is 17.4 Å². The van der Waals surface area contributed by atoms with Crippen molar-refractivity contribution in [2.45, 2.75) is 6.42 Å². The first-order chi connectivity index (χ1) is 8.29. The van der Waals surface area contributed by atoms with Crippen LogP contribution >= 0.6 is 0 Å². The second kappa shape index (κ2) is 5.64. The lowest BCUT2D eigenvalue weighted by molar-refractivity contribution is -0.154.